The predicted molar refractivity (Wildman–Crippen MR) is 116 cm³/mol. The van der Waals surface area contributed by atoms with Gasteiger partial charge in [-0.05, 0) is 30.5 Å². The van der Waals surface area contributed by atoms with Gasteiger partial charge in [-0.1, -0.05) is 32.9 Å². The average molecular weight is 438 g/mol. The van der Waals surface area contributed by atoms with Crippen LogP contribution in [0, 0.1) is 5.92 Å². The van der Waals surface area contributed by atoms with Crippen molar-refractivity contribution in [2.24, 2.45) is 5.92 Å². The molecule has 158 valence electrons. The number of benzene rings is 1. The summed E-state index contributed by atoms with van der Waals surface area (Å²) in [5.74, 6) is -0.181. The van der Waals surface area contributed by atoms with Gasteiger partial charge in [0.05, 0.1) is 11.7 Å². The maximum Gasteiger partial charge on any atom is 0.259 e. The van der Waals surface area contributed by atoms with E-state index in [2.05, 4.69) is 15.0 Å². The lowest BCUT2D eigenvalue weighted by molar-refractivity contribution is -0.127. The molecule has 0 saturated heterocycles. The number of nitrogens with zero attached hydrogens (tertiary/aromatic N) is 1. The molecule has 1 aromatic carbocycles. The van der Waals surface area contributed by atoms with Crippen LogP contribution in [0.5, 0.6) is 0 Å². The molecule has 7 nitrogen and oxygen atoms in total. The quantitative estimate of drug-likeness (QED) is 0.465. The Kier molecular flexibility index (Phi) is 8.94. The molecule has 2 atom stereocenters. The van der Waals surface area contributed by atoms with E-state index in [0.29, 0.717) is 12.1 Å². The number of thiazole rings is 1. The summed E-state index contributed by atoms with van der Waals surface area (Å²) in [5, 5.41) is 5.82. The molecule has 3 N–H and O–H groups in total. The van der Waals surface area contributed by atoms with Crippen molar-refractivity contribution in [3.63, 3.8) is 0 Å². The molecule has 9 heteroatoms. The fourth-order valence-electron chi connectivity index (χ4n) is 2.68. The summed E-state index contributed by atoms with van der Waals surface area (Å²) in [6, 6.07) is 6.80. The number of ketones is 1. The van der Waals surface area contributed by atoms with Crippen LogP contribution in [0.3, 0.4) is 0 Å². The normalized spacial score (nSPS) is 13.1. The van der Waals surface area contributed by atoms with Gasteiger partial charge >= 0.3 is 0 Å². The Labute approximate surface area is 177 Å². The number of anilines is 1. The van der Waals surface area contributed by atoms with Crippen molar-refractivity contribution in [2.45, 2.75) is 52.5 Å². The van der Waals surface area contributed by atoms with Crippen LogP contribution in [-0.4, -0.2) is 25.4 Å². The second kappa shape index (κ2) is 11.2. The van der Waals surface area contributed by atoms with Crippen LogP contribution < -0.4 is 10.0 Å². The Hall–Kier alpha value is -2.10. The van der Waals surface area contributed by atoms with Crippen LogP contribution in [0.4, 0.5) is 5.69 Å². The van der Waals surface area contributed by atoms with Gasteiger partial charge in [0.1, 0.15) is 10.8 Å². The van der Waals surface area contributed by atoms with Gasteiger partial charge in [-0.2, -0.15) is 0 Å². The van der Waals surface area contributed by atoms with E-state index in [4.69, 9.17) is 4.55 Å². The van der Waals surface area contributed by atoms with Crippen molar-refractivity contribution < 1.29 is 18.4 Å². The zero-order chi connectivity index (χ0) is 21.4. The minimum atomic E-state index is -2.12. The summed E-state index contributed by atoms with van der Waals surface area (Å²) < 4.78 is 22.2. The van der Waals surface area contributed by atoms with Gasteiger partial charge in [-0.3, -0.25) is 18.9 Å². The number of hydrogen-bond donors (Lipinski definition) is 3. The van der Waals surface area contributed by atoms with E-state index in [1.807, 2.05) is 38.3 Å². The Morgan fingerprint density at radius 2 is 1.90 bits per heavy atom. The van der Waals surface area contributed by atoms with Crippen molar-refractivity contribution in [3.05, 3.63) is 45.9 Å². The SMILES string of the molecule is CCc1csc([C@H](Cc2ccc(NS(=O)O)cc2)NC(=O)CCC(=O)C(C)C)n1. The van der Waals surface area contributed by atoms with Gasteiger partial charge in [0, 0.05) is 29.8 Å². The van der Waals surface area contributed by atoms with Gasteiger partial charge in [0.15, 0.2) is 0 Å². The first-order chi connectivity index (χ1) is 13.8. The molecule has 1 aromatic heterocycles. The molecule has 0 radical (unpaired) electrons. The summed E-state index contributed by atoms with van der Waals surface area (Å²) in [6.45, 7) is 5.69. The average Bonchev–Trinajstić information content (AvgIpc) is 3.15. The molecule has 2 rings (SSSR count). The van der Waals surface area contributed by atoms with E-state index in [1.54, 1.807) is 12.1 Å². The number of nitrogens with one attached hydrogen (secondary N) is 2. The van der Waals surface area contributed by atoms with E-state index in [-0.39, 0.29) is 36.5 Å². The van der Waals surface area contributed by atoms with E-state index in [0.717, 1.165) is 22.7 Å². The Morgan fingerprint density at radius 1 is 1.21 bits per heavy atom. The van der Waals surface area contributed by atoms with Crippen LogP contribution in [0.25, 0.3) is 0 Å². The van der Waals surface area contributed by atoms with Gasteiger partial charge in [-0.25, -0.2) is 9.19 Å². The number of Topliss-reactive ketones (excluding diaryl/α,β-unsaturated/α-hetero) is 1. The van der Waals surface area contributed by atoms with Crippen LogP contribution >= 0.6 is 11.3 Å². The predicted octanol–water partition coefficient (Wildman–Crippen LogP) is 3.66. The lowest BCUT2D eigenvalue weighted by atomic mass is 10.0. The summed E-state index contributed by atoms with van der Waals surface area (Å²) in [6.07, 6.45) is 1.74. The molecule has 2 aromatic rings. The molecule has 29 heavy (non-hydrogen) atoms. The van der Waals surface area contributed by atoms with Crippen molar-refractivity contribution in [2.75, 3.05) is 4.72 Å². The summed E-state index contributed by atoms with van der Waals surface area (Å²) in [5.41, 5.74) is 2.46. The van der Waals surface area contributed by atoms with Crippen LogP contribution in [0.15, 0.2) is 29.6 Å². The number of rotatable bonds is 11. The summed E-state index contributed by atoms with van der Waals surface area (Å²) in [7, 11) is 0. The van der Waals surface area contributed by atoms with E-state index in [9.17, 15) is 13.8 Å². The van der Waals surface area contributed by atoms with E-state index < -0.39 is 11.3 Å². The molecule has 0 fully saturated rings. The minimum absolute atomic E-state index is 0.0728. The molecule has 0 saturated carbocycles. The van der Waals surface area contributed by atoms with Crippen LogP contribution in [0.2, 0.25) is 0 Å². The van der Waals surface area contributed by atoms with Gasteiger partial charge < -0.3 is 5.32 Å². The third kappa shape index (κ3) is 7.68. The zero-order valence-electron chi connectivity index (χ0n) is 16.8. The summed E-state index contributed by atoms with van der Waals surface area (Å²) in [4.78, 5) is 28.9. The molecule has 1 unspecified atom stereocenters. The lowest BCUT2D eigenvalue weighted by Crippen LogP contribution is -2.30. The number of carbonyl (C=O) groups is 2. The maximum absolute atomic E-state index is 12.4. The molecule has 1 amide bonds. The largest absolute Gasteiger partial charge is 0.347 e. The van der Waals surface area contributed by atoms with Crippen LogP contribution in [0.1, 0.15) is 55.9 Å². The molecule has 0 spiro atoms. The molecule has 0 aliphatic rings. The highest BCUT2D eigenvalue weighted by Gasteiger charge is 2.20. The zero-order valence-corrected chi connectivity index (χ0v) is 18.4. The van der Waals surface area contributed by atoms with E-state index >= 15 is 0 Å². The topological polar surface area (TPSA) is 108 Å². The van der Waals surface area contributed by atoms with Gasteiger partial charge in [0.2, 0.25) is 5.91 Å². The highest BCUT2D eigenvalue weighted by molar-refractivity contribution is 7.80. The monoisotopic (exact) mass is 437 g/mol. The first kappa shape index (κ1) is 23.2. The number of aromatic nitrogens is 1. The smallest absolute Gasteiger partial charge is 0.259 e. The Bertz CT molecular complexity index is 850. The molecular weight excluding hydrogens is 410 g/mol. The molecule has 0 aliphatic heterocycles. The van der Waals surface area contributed by atoms with Crippen molar-refractivity contribution >= 4 is 40.0 Å². The molecule has 0 aliphatic carbocycles. The minimum Gasteiger partial charge on any atom is -0.347 e. The highest BCUT2D eigenvalue weighted by atomic mass is 32.2. The fourth-order valence-corrected chi connectivity index (χ4v) is 3.97. The van der Waals surface area contributed by atoms with Crippen LogP contribution in [-0.2, 0) is 33.7 Å². The highest BCUT2D eigenvalue weighted by Crippen LogP contribution is 2.24. The standard InChI is InChI=1S/C20H27N3O4S2/c1-4-15-12-28-20(21-15)17(22-19(25)10-9-18(24)13(2)3)11-14-5-7-16(8-6-14)23-29(26)27/h5-8,12-13,17,23H,4,9-11H2,1-3H3,(H,22,25)(H,26,27)/t17-/m0/s1. The van der Waals surface area contributed by atoms with Crippen molar-refractivity contribution in [1.82, 2.24) is 10.3 Å². The van der Waals surface area contributed by atoms with Crippen molar-refractivity contribution in [3.8, 4) is 0 Å². The third-order valence-corrected chi connectivity index (χ3v) is 5.82. The van der Waals surface area contributed by atoms with E-state index in [1.165, 1.54) is 11.3 Å². The molecule has 0 bridgehead atoms. The Balaban J connectivity index is 2.09. The third-order valence-electron chi connectivity index (χ3n) is 4.41. The second-order valence-electron chi connectivity index (χ2n) is 7.02. The fraction of sp³-hybridized carbons (Fsp3) is 0.450. The first-order valence-electron chi connectivity index (χ1n) is 9.51. The first-order valence-corrected chi connectivity index (χ1v) is 11.5. The number of hydrogen-bond acceptors (Lipinski definition) is 5. The van der Waals surface area contributed by atoms with Crippen molar-refractivity contribution in [1.29, 1.82) is 0 Å². The van der Waals surface area contributed by atoms with Gasteiger partial charge in [-0.15, -0.1) is 11.3 Å². The molecular formula is C20H27N3O4S2. The Morgan fingerprint density at radius 3 is 2.45 bits per heavy atom. The summed E-state index contributed by atoms with van der Waals surface area (Å²) >= 11 is -0.617. The maximum atomic E-state index is 12.4. The molecule has 1 heterocycles. The number of aryl methyl sites for hydroxylation is 1. The number of carbonyl (C=O) groups excluding carboxylic acids is 2. The lowest BCUT2D eigenvalue weighted by Gasteiger charge is -2.17. The second-order valence-corrected chi connectivity index (χ2v) is 8.62. The number of amides is 1. The van der Waals surface area contributed by atoms with Gasteiger partial charge in [0.25, 0.3) is 11.3 Å².